The molecule has 1 aromatic carbocycles. The summed E-state index contributed by atoms with van der Waals surface area (Å²) in [5, 5.41) is 0. The minimum absolute atomic E-state index is 0.273. The smallest absolute Gasteiger partial charge is 0.330 e. The number of carbonyl (C=O) groups is 1. The van der Waals surface area contributed by atoms with Crippen LogP contribution in [0.2, 0.25) is 0 Å². The van der Waals surface area contributed by atoms with Crippen LogP contribution in [0.15, 0.2) is 53.5 Å². The Morgan fingerprint density at radius 3 is 2.58 bits per heavy atom. The minimum atomic E-state index is -0.273. The Labute approximate surface area is 123 Å². The molecule has 1 atom stereocenters. The molecule has 0 aliphatic rings. The van der Waals surface area contributed by atoms with E-state index in [-0.39, 0.29) is 5.97 Å². The standard InChI is InChI=1S/C16H19BrO2/c1-2-19-16(18)12-6-10-15(11-7-13-17)14-8-4-3-5-9-14/h3-9,12-13,15H,2,10-11H2,1H3/t15-/m0/s1. The van der Waals surface area contributed by atoms with E-state index in [0.717, 1.165) is 12.8 Å². The Balaban J connectivity index is 2.63. The quantitative estimate of drug-likeness (QED) is 0.542. The Kier molecular flexibility index (Phi) is 7.91. The third kappa shape index (κ3) is 6.39. The van der Waals surface area contributed by atoms with E-state index >= 15 is 0 Å². The zero-order chi connectivity index (χ0) is 13.9. The van der Waals surface area contributed by atoms with Crippen LogP contribution in [0.25, 0.3) is 0 Å². The van der Waals surface area contributed by atoms with Crippen molar-refractivity contribution in [3.63, 3.8) is 0 Å². The van der Waals surface area contributed by atoms with E-state index < -0.39 is 0 Å². The molecular formula is C16H19BrO2. The maximum atomic E-state index is 11.2. The van der Waals surface area contributed by atoms with Crippen LogP contribution in [0.4, 0.5) is 0 Å². The van der Waals surface area contributed by atoms with Crippen LogP contribution in [0, 0.1) is 0 Å². The number of ether oxygens (including phenoxy) is 1. The maximum Gasteiger partial charge on any atom is 0.330 e. The fraction of sp³-hybridized carbons (Fsp3) is 0.312. The molecule has 0 radical (unpaired) electrons. The third-order valence-electron chi connectivity index (χ3n) is 2.74. The van der Waals surface area contributed by atoms with Crippen LogP contribution in [-0.2, 0) is 9.53 Å². The molecule has 0 aromatic heterocycles. The van der Waals surface area contributed by atoms with Gasteiger partial charge in [-0.1, -0.05) is 58.4 Å². The molecule has 0 unspecified atom stereocenters. The van der Waals surface area contributed by atoms with Crippen LogP contribution < -0.4 is 0 Å². The van der Waals surface area contributed by atoms with Gasteiger partial charge in [-0.25, -0.2) is 4.79 Å². The van der Waals surface area contributed by atoms with E-state index in [1.54, 1.807) is 6.92 Å². The topological polar surface area (TPSA) is 26.3 Å². The zero-order valence-corrected chi connectivity index (χ0v) is 12.7. The molecule has 0 bridgehead atoms. The zero-order valence-electron chi connectivity index (χ0n) is 11.1. The summed E-state index contributed by atoms with van der Waals surface area (Å²) >= 11 is 3.29. The number of allylic oxidation sites excluding steroid dienone is 2. The van der Waals surface area contributed by atoms with Crippen molar-refractivity contribution in [2.45, 2.75) is 25.7 Å². The van der Waals surface area contributed by atoms with Crippen molar-refractivity contribution in [2.75, 3.05) is 6.61 Å². The normalized spacial score (nSPS) is 12.9. The molecule has 0 aliphatic heterocycles. The number of benzene rings is 1. The molecule has 0 N–H and O–H groups in total. The highest BCUT2D eigenvalue weighted by molar-refractivity contribution is 9.11. The van der Waals surface area contributed by atoms with Crippen LogP contribution in [0.5, 0.6) is 0 Å². The lowest BCUT2D eigenvalue weighted by atomic mass is 9.92. The van der Waals surface area contributed by atoms with Gasteiger partial charge in [-0.2, -0.15) is 0 Å². The van der Waals surface area contributed by atoms with Gasteiger partial charge in [-0.15, -0.1) is 0 Å². The maximum absolute atomic E-state index is 11.2. The third-order valence-corrected chi connectivity index (χ3v) is 3.12. The average molecular weight is 323 g/mol. The highest BCUT2D eigenvalue weighted by Crippen LogP contribution is 2.24. The Morgan fingerprint density at radius 2 is 1.95 bits per heavy atom. The van der Waals surface area contributed by atoms with Gasteiger partial charge in [0, 0.05) is 6.08 Å². The number of hydrogen-bond donors (Lipinski definition) is 0. The molecule has 1 aromatic rings. The highest BCUT2D eigenvalue weighted by Gasteiger charge is 2.08. The van der Waals surface area contributed by atoms with Gasteiger partial charge in [0.2, 0.25) is 0 Å². The van der Waals surface area contributed by atoms with Gasteiger partial charge in [0.05, 0.1) is 6.61 Å². The summed E-state index contributed by atoms with van der Waals surface area (Å²) in [5.41, 5.74) is 1.28. The predicted octanol–water partition coefficient (Wildman–Crippen LogP) is 4.58. The van der Waals surface area contributed by atoms with Crippen LogP contribution in [-0.4, -0.2) is 12.6 Å². The summed E-state index contributed by atoms with van der Waals surface area (Å²) in [6.45, 7) is 2.22. The summed E-state index contributed by atoms with van der Waals surface area (Å²) < 4.78 is 4.86. The van der Waals surface area contributed by atoms with Gasteiger partial charge in [0.1, 0.15) is 0 Å². The molecule has 19 heavy (non-hydrogen) atoms. The second-order valence-corrected chi connectivity index (χ2v) is 4.62. The van der Waals surface area contributed by atoms with Crippen LogP contribution >= 0.6 is 15.9 Å². The number of hydrogen-bond acceptors (Lipinski definition) is 2. The van der Waals surface area contributed by atoms with E-state index in [1.807, 2.05) is 29.3 Å². The SMILES string of the molecule is CCOC(=O)C=CC[C@@H](CC=CBr)c1ccccc1. The molecule has 1 rings (SSSR count). The molecule has 0 spiro atoms. The first-order valence-corrected chi connectivity index (χ1v) is 7.33. The molecule has 2 nitrogen and oxygen atoms in total. The van der Waals surface area contributed by atoms with E-state index in [2.05, 4.69) is 34.1 Å². The Hall–Kier alpha value is -1.35. The lowest BCUT2D eigenvalue weighted by Gasteiger charge is -2.13. The average Bonchev–Trinajstić information content (AvgIpc) is 2.44. The summed E-state index contributed by atoms with van der Waals surface area (Å²) in [6.07, 6.45) is 7.23. The van der Waals surface area contributed by atoms with Gasteiger partial charge in [0.15, 0.2) is 0 Å². The summed E-state index contributed by atoms with van der Waals surface area (Å²) in [4.78, 5) is 13.1. The van der Waals surface area contributed by atoms with E-state index in [9.17, 15) is 4.79 Å². The number of halogens is 1. The molecule has 0 fully saturated rings. The van der Waals surface area contributed by atoms with Crippen molar-refractivity contribution in [1.82, 2.24) is 0 Å². The molecule has 3 heteroatoms. The number of carbonyl (C=O) groups excluding carboxylic acids is 1. The van der Waals surface area contributed by atoms with Crippen molar-refractivity contribution in [3.05, 3.63) is 59.1 Å². The monoisotopic (exact) mass is 322 g/mol. The molecule has 0 heterocycles. The fourth-order valence-corrected chi connectivity index (χ4v) is 2.04. The van der Waals surface area contributed by atoms with Gasteiger partial charge in [0.25, 0.3) is 0 Å². The molecule has 0 amide bonds. The first-order valence-electron chi connectivity index (χ1n) is 6.41. The summed E-state index contributed by atoms with van der Waals surface area (Å²) in [7, 11) is 0. The van der Waals surface area contributed by atoms with Gasteiger partial charge < -0.3 is 4.74 Å². The molecule has 0 saturated heterocycles. The Bertz CT molecular complexity index is 424. The van der Waals surface area contributed by atoms with Gasteiger partial charge in [-0.05, 0) is 36.2 Å². The van der Waals surface area contributed by atoms with Gasteiger partial charge in [-0.3, -0.25) is 0 Å². The molecule has 0 aliphatic carbocycles. The van der Waals surface area contributed by atoms with E-state index in [1.165, 1.54) is 11.6 Å². The van der Waals surface area contributed by atoms with Crippen molar-refractivity contribution >= 4 is 21.9 Å². The summed E-state index contributed by atoms with van der Waals surface area (Å²) in [6, 6.07) is 10.3. The lowest BCUT2D eigenvalue weighted by molar-refractivity contribution is -0.137. The predicted molar refractivity (Wildman–Crippen MR) is 82.3 cm³/mol. The van der Waals surface area contributed by atoms with Crippen LogP contribution in [0.1, 0.15) is 31.2 Å². The number of esters is 1. The largest absolute Gasteiger partial charge is 0.463 e. The number of rotatable bonds is 7. The highest BCUT2D eigenvalue weighted by atomic mass is 79.9. The van der Waals surface area contributed by atoms with Crippen molar-refractivity contribution in [3.8, 4) is 0 Å². The van der Waals surface area contributed by atoms with E-state index in [0.29, 0.717) is 12.5 Å². The first kappa shape index (κ1) is 15.7. The lowest BCUT2D eigenvalue weighted by Crippen LogP contribution is -2.00. The van der Waals surface area contributed by atoms with Crippen molar-refractivity contribution < 1.29 is 9.53 Å². The van der Waals surface area contributed by atoms with Crippen molar-refractivity contribution in [2.24, 2.45) is 0 Å². The second-order valence-electron chi connectivity index (χ2n) is 4.10. The minimum Gasteiger partial charge on any atom is -0.463 e. The van der Waals surface area contributed by atoms with Crippen molar-refractivity contribution in [1.29, 1.82) is 0 Å². The second kappa shape index (κ2) is 9.56. The molecule has 102 valence electrons. The molecular weight excluding hydrogens is 304 g/mol. The van der Waals surface area contributed by atoms with Gasteiger partial charge >= 0.3 is 5.97 Å². The Morgan fingerprint density at radius 1 is 1.26 bits per heavy atom. The molecule has 0 saturated carbocycles. The summed E-state index contributed by atoms with van der Waals surface area (Å²) in [5.74, 6) is 0.103. The van der Waals surface area contributed by atoms with E-state index in [4.69, 9.17) is 4.74 Å². The van der Waals surface area contributed by atoms with Crippen LogP contribution in [0.3, 0.4) is 0 Å². The fourth-order valence-electron chi connectivity index (χ4n) is 1.83. The first-order chi connectivity index (χ1) is 9.27.